The fourth-order valence-electron chi connectivity index (χ4n) is 1.53. The number of aromatic nitrogens is 1. The highest BCUT2D eigenvalue weighted by Crippen LogP contribution is 2.39. The summed E-state index contributed by atoms with van der Waals surface area (Å²) in [4.78, 5) is 3.50. The van der Waals surface area contributed by atoms with Gasteiger partial charge in [0.15, 0.2) is 5.69 Å². The van der Waals surface area contributed by atoms with Crippen LogP contribution in [0.15, 0.2) is 24.3 Å². The average Bonchev–Trinajstić information content (AvgIpc) is 2.33. The largest absolute Gasteiger partial charge is 0.434 e. The molecule has 0 saturated heterocycles. The molecule has 106 valence electrons. The summed E-state index contributed by atoms with van der Waals surface area (Å²) in [5.41, 5.74) is -1.01. The highest BCUT2D eigenvalue weighted by Gasteiger charge is 2.35. The van der Waals surface area contributed by atoms with Crippen LogP contribution in [0.25, 0.3) is 11.3 Å². The van der Waals surface area contributed by atoms with Gasteiger partial charge in [-0.05, 0) is 24.3 Å². The topological polar surface area (TPSA) is 12.9 Å². The second-order valence-corrected chi connectivity index (χ2v) is 5.40. The van der Waals surface area contributed by atoms with E-state index in [1.807, 2.05) is 0 Å². The van der Waals surface area contributed by atoms with Crippen LogP contribution in [0.2, 0.25) is 20.1 Å². The lowest BCUT2D eigenvalue weighted by Gasteiger charge is -2.11. The summed E-state index contributed by atoms with van der Waals surface area (Å²) in [6.45, 7) is 0. The van der Waals surface area contributed by atoms with Gasteiger partial charge in [0, 0.05) is 10.6 Å². The number of halogens is 7. The quantitative estimate of drug-likeness (QED) is 0.537. The summed E-state index contributed by atoms with van der Waals surface area (Å²) in [7, 11) is 0. The molecule has 0 atom stereocenters. The second kappa shape index (κ2) is 5.60. The Morgan fingerprint density at radius 1 is 0.900 bits per heavy atom. The average molecular weight is 361 g/mol. The first kappa shape index (κ1) is 15.7. The molecular weight excluding hydrogens is 357 g/mol. The van der Waals surface area contributed by atoms with E-state index in [1.54, 1.807) is 0 Å². The maximum atomic E-state index is 12.8. The molecule has 0 aliphatic carbocycles. The third kappa shape index (κ3) is 3.14. The first-order chi connectivity index (χ1) is 9.20. The molecule has 8 heteroatoms. The Labute approximate surface area is 132 Å². The van der Waals surface area contributed by atoms with Gasteiger partial charge in [-0.2, -0.15) is 13.2 Å². The molecule has 1 nitrogen and oxygen atoms in total. The molecule has 0 radical (unpaired) electrons. The zero-order valence-corrected chi connectivity index (χ0v) is 12.4. The van der Waals surface area contributed by atoms with Gasteiger partial charge in [-0.1, -0.05) is 46.4 Å². The lowest BCUT2D eigenvalue weighted by Crippen LogP contribution is -2.09. The number of benzene rings is 1. The zero-order chi connectivity index (χ0) is 15.1. The van der Waals surface area contributed by atoms with Crippen molar-refractivity contribution in [3.05, 3.63) is 50.0 Å². The van der Waals surface area contributed by atoms with Gasteiger partial charge in [0.25, 0.3) is 0 Å². The van der Waals surface area contributed by atoms with Crippen molar-refractivity contribution in [2.24, 2.45) is 0 Å². The van der Waals surface area contributed by atoms with E-state index in [-0.39, 0.29) is 26.3 Å². The van der Waals surface area contributed by atoms with E-state index in [0.717, 1.165) is 6.07 Å². The maximum absolute atomic E-state index is 12.8. The lowest BCUT2D eigenvalue weighted by atomic mass is 10.1. The van der Waals surface area contributed by atoms with Gasteiger partial charge in [0.2, 0.25) is 0 Å². The molecule has 0 spiro atoms. The number of hydrogen-bond donors (Lipinski definition) is 0. The van der Waals surface area contributed by atoms with Gasteiger partial charge in [0.05, 0.1) is 20.8 Å². The summed E-state index contributed by atoms with van der Waals surface area (Å²) in [5.74, 6) is 0. The molecule has 20 heavy (non-hydrogen) atoms. The second-order valence-electron chi connectivity index (χ2n) is 3.77. The highest BCUT2D eigenvalue weighted by molar-refractivity contribution is 6.45. The van der Waals surface area contributed by atoms with E-state index in [2.05, 4.69) is 4.98 Å². The van der Waals surface area contributed by atoms with E-state index < -0.39 is 16.9 Å². The van der Waals surface area contributed by atoms with Crippen LogP contribution in [0.3, 0.4) is 0 Å². The monoisotopic (exact) mass is 359 g/mol. The number of nitrogens with zero attached hydrogens (tertiary/aromatic N) is 1. The minimum atomic E-state index is -4.66. The fraction of sp³-hybridized carbons (Fsp3) is 0.0833. The summed E-state index contributed by atoms with van der Waals surface area (Å²) >= 11 is 23.1. The fourth-order valence-corrected chi connectivity index (χ4v) is 2.45. The predicted molar refractivity (Wildman–Crippen MR) is 74.7 cm³/mol. The molecule has 0 fully saturated rings. The molecule has 0 aliphatic rings. The summed E-state index contributed by atoms with van der Waals surface area (Å²) in [6, 6.07) is 5.17. The van der Waals surface area contributed by atoms with Crippen LogP contribution >= 0.6 is 46.4 Å². The summed E-state index contributed by atoms with van der Waals surface area (Å²) < 4.78 is 38.3. The van der Waals surface area contributed by atoms with E-state index in [4.69, 9.17) is 46.4 Å². The van der Waals surface area contributed by atoms with Gasteiger partial charge in [-0.3, -0.25) is 0 Å². The minimum absolute atomic E-state index is 0.0175. The van der Waals surface area contributed by atoms with Crippen molar-refractivity contribution < 1.29 is 13.2 Å². The molecule has 0 amide bonds. The van der Waals surface area contributed by atoms with Gasteiger partial charge in [-0.25, -0.2) is 4.98 Å². The van der Waals surface area contributed by atoms with Crippen LogP contribution < -0.4 is 0 Å². The Hall–Kier alpha value is -0.680. The number of alkyl halides is 3. The van der Waals surface area contributed by atoms with Crippen molar-refractivity contribution in [3.8, 4) is 11.3 Å². The SMILES string of the molecule is FC(F)(F)c1nc(-c2cc(Cl)cc(Cl)c2Cl)ccc1Cl. The first-order valence-corrected chi connectivity index (χ1v) is 6.60. The Balaban J connectivity index is 2.66. The standard InChI is InChI=1S/C12H4Cl4F3N/c13-5-3-6(10(16)8(15)4-5)9-2-1-7(14)11(20-9)12(17,18)19/h1-4H. The van der Waals surface area contributed by atoms with Crippen molar-refractivity contribution in [2.45, 2.75) is 6.18 Å². The summed E-state index contributed by atoms with van der Waals surface area (Å²) in [6.07, 6.45) is -4.66. The van der Waals surface area contributed by atoms with Crippen molar-refractivity contribution in [1.29, 1.82) is 0 Å². The van der Waals surface area contributed by atoms with E-state index >= 15 is 0 Å². The molecule has 0 aliphatic heterocycles. The zero-order valence-electron chi connectivity index (χ0n) is 9.40. The predicted octanol–water partition coefficient (Wildman–Crippen LogP) is 6.38. The van der Waals surface area contributed by atoms with E-state index in [1.165, 1.54) is 18.2 Å². The minimum Gasteiger partial charge on any atom is -0.242 e. The molecule has 1 aromatic carbocycles. The van der Waals surface area contributed by atoms with Crippen molar-refractivity contribution in [1.82, 2.24) is 4.98 Å². The van der Waals surface area contributed by atoms with Crippen LogP contribution in [0, 0.1) is 0 Å². The maximum Gasteiger partial charge on any atom is 0.434 e. The van der Waals surface area contributed by atoms with Crippen molar-refractivity contribution in [2.75, 3.05) is 0 Å². The first-order valence-electron chi connectivity index (χ1n) is 5.09. The van der Waals surface area contributed by atoms with Crippen LogP contribution in [0.5, 0.6) is 0 Å². The number of pyridine rings is 1. The Kier molecular flexibility index (Phi) is 4.40. The number of rotatable bonds is 1. The third-order valence-corrected chi connectivity index (χ3v) is 3.71. The van der Waals surface area contributed by atoms with Crippen LogP contribution in [0.1, 0.15) is 5.69 Å². The van der Waals surface area contributed by atoms with E-state index in [9.17, 15) is 13.2 Å². The van der Waals surface area contributed by atoms with Gasteiger partial charge < -0.3 is 0 Å². The third-order valence-electron chi connectivity index (χ3n) is 2.38. The molecular formula is C12H4Cl4F3N. The molecule has 1 aromatic heterocycles. The van der Waals surface area contributed by atoms with Crippen molar-refractivity contribution in [3.63, 3.8) is 0 Å². The Morgan fingerprint density at radius 3 is 2.15 bits per heavy atom. The summed E-state index contributed by atoms with van der Waals surface area (Å²) in [5, 5.41) is -0.0660. The Morgan fingerprint density at radius 2 is 1.55 bits per heavy atom. The van der Waals surface area contributed by atoms with Crippen LogP contribution in [-0.4, -0.2) is 4.98 Å². The Bertz CT molecular complexity index is 670. The van der Waals surface area contributed by atoms with E-state index in [0.29, 0.717) is 0 Å². The molecule has 0 N–H and O–H groups in total. The normalized spacial score (nSPS) is 11.8. The number of hydrogen-bond acceptors (Lipinski definition) is 1. The molecule has 0 saturated carbocycles. The van der Waals surface area contributed by atoms with Gasteiger partial charge >= 0.3 is 6.18 Å². The van der Waals surface area contributed by atoms with Gasteiger partial charge in [0.1, 0.15) is 0 Å². The molecule has 2 rings (SSSR count). The van der Waals surface area contributed by atoms with Crippen LogP contribution in [-0.2, 0) is 6.18 Å². The lowest BCUT2D eigenvalue weighted by molar-refractivity contribution is -0.141. The molecule has 0 unspecified atom stereocenters. The van der Waals surface area contributed by atoms with Gasteiger partial charge in [-0.15, -0.1) is 0 Å². The highest BCUT2D eigenvalue weighted by atomic mass is 35.5. The smallest absolute Gasteiger partial charge is 0.242 e. The molecule has 0 bridgehead atoms. The van der Waals surface area contributed by atoms with Crippen LogP contribution in [0.4, 0.5) is 13.2 Å². The molecule has 2 aromatic rings. The van der Waals surface area contributed by atoms with Crippen molar-refractivity contribution >= 4 is 46.4 Å². The molecule has 1 heterocycles.